The normalized spacial score (nSPS) is 21.3. The lowest BCUT2D eigenvalue weighted by atomic mass is 10.2. The number of imidazole rings is 1. The summed E-state index contributed by atoms with van der Waals surface area (Å²) in [6.07, 6.45) is -2.39. The van der Waals surface area contributed by atoms with Gasteiger partial charge in [-0.15, -0.1) is 0 Å². The SMILES string of the molecule is CC[C@@H]1C[C@H](F)[C@H](n2cnc3c(N(C(=O)OC(C)(C)C)C(=O)OC(C)(C)C)nc(Cl)nc32)O1. The molecule has 0 saturated carbocycles. The maximum absolute atomic E-state index is 14.7. The Hall–Kier alpha value is -2.53. The summed E-state index contributed by atoms with van der Waals surface area (Å²) in [5, 5.41) is -0.281. The van der Waals surface area contributed by atoms with Crippen molar-refractivity contribution in [3.63, 3.8) is 0 Å². The van der Waals surface area contributed by atoms with E-state index < -0.39 is 35.8 Å². The molecule has 0 aromatic carbocycles. The van der Waals surface area contributed by atoms with Crippen LogP contribution in [0.15, 0.2) is 6.33 Å². The Morgan fingerprint density at radius 3 is 2.24 bits per heavy atom. The molecule has 0 unspecified atom stereocenters. The van der Waals surface area contributed by atoms with E-state index in [9.17, 15) is 14.0 Å². The summed E-state index contributed by atoms with van der Waals surface area (Å²) < 4.78 is 32.7. The first-order chi connectivity index (χ1) is 15.2. The fourth-order valence-electron chi connectivity index (χ4n) is 3.29. The molecule has 1 aliphatic heterocycles. The molecular weight excluding hydrogens is 457 g/mol. The zero-order valence-corrected chi connectivity index (χ0v) is 20.5. The van der Waals surface area contributed by atoms with E-state index in [0.29, 0.717) is 11.3 Å². The average molecular weight is 486 g/mol. The minimum atomic E-state index is -1.29. The number of aromatic nitrogens is 4. The molecule has 2 amide bonds. The standard InChI is InChI=1S/C21H29ClFN5O5/c1-8-11-9-12(23)16(31-11)27-10-24-13-14(27)25-17(22)26-15(13)28(18(29)32-20(2,3)4)19(30)33-21(5,6)7/h10-12,16H,8-9H2,1-7H3/t11-,12+,16-/m1/s1. The van der Waals surface area contributed by atoms with Crippen molar-refractivity contribution in [2.45, 2.75) is 91.0 Å². The lowest BCUT2D eigenvalue weighted by Gasteiger charge is -2.28. The third kappa shape index (κ3) is 5.70. The van der Waals surface area contributed by atoms with Gasteiger partial charge in [0.2, 0.25) is 5.28 Å². The van der Waals surface area contributed by atoms with Crippen LogP contribution in [0.2, 0.25) is 5.28 Å². The van der Waals surface area contributed by atoms with Gasteiger partial charge in [0.05, 0.1) is 12.4 Å². The molecule has 0 aliphatic carbocycles. The number of carbonyl (C=O) groups excluding carboxylic acids is 2. The summed E-state index contributed by atoms with van der Waals surface area (Å²) in [5.41, 5.74) is -1.69. The van der Waals surface area contributed by atoms with E-state index in [-0.39, 0.29) is 34.8 Å². The van der Waals surface area contributed by atoms with Crippen molar-refractivity contribution in [2.75, 3.05) is 4.90 Å². The van der Waals surface area contributed by atoms with Crippen LogP contribution in [0, 0.1) is 0 Å². The second-order valence-corrected chi connectivity index (χ2v) is 10.1. The molecule has 3 atom stereocenters. The van der Waals surface area contributed by atoms with Crippen LogP contribution in [0.5, 0.6) is 0 Å². The van der Waals surface area contributed by atoms with Crippen LogP contribution in [0.3, 0.4) is 0 Å². The summed E-state index contributed by atoms with van der Waals surface area (Å²) in [7, 11) is 0. The summed E-state index contributed by atoms with van der Waals surface area (Å²) in [6, 6.07) is 0. The fourth-order valence-corrected chi connectivity index (χ4v) is 3.45. The molecule has 2 aromatic rings. The van der Waals surface area contributed by atoms with Gasteiger partial charge in [0.1, 0.15) is 17.4 Å². The number of ether oxygens (including phenoxy) is 3. The van der Waals surface area contributed by atoms with Crippen molar-refractivity contribution in [1.29, 1.82) is 0 Å². The molecule has 10 nitrogen and oxygen atoms in total. The Kier molecular flexibility index (Phi) is 6.86. The first-order valence-corrected chi connectivity index (χ1v) is 11.0. The van der Waals surface area contributed by atoms with Crippen molar-refractivity contribution in [3.05, 3.63) is 11.6 Å². The van der Waals surface area contributed by atoms with Gasteiger partial charge < -0.3 is 14.2 Å². The molecular formula is C21H29ClFN5O5. The monoisotopic (exact) mass is 485 g/mol. The number of imide groups is 1. The molecule has 1 fully saturated rings. The van der Waals surface area contributed by atoms with Crippen LogP contribution >= 0.6 is 11.6 Å². The summed E-state index contributed by atoms with van der Waals surface area (Å²) in [6.45, 7) is 11.8. The Morgan fingerprint density at radius 1 is 1.18 bits per heavy atom. The van der Waals surface area contributed by atoms with Gasteiger partial charge in [-0.1, -0.05) is 6.92 Å². The molecule has 0 N–H and O–H groups in total. The summed E-state index contributed by atoms with van der Waals surface area (Å²) in [5.74, 6) is -0.243. The van der Waals surface area contributed by atoms with Gasteiger partial charge in [-0.3, -0.25) is 4.57 Å². The number of nitrogens with zero attached hydrogens (tertiary/aromatic N) is 5. The minimum Gasteiger partial charge on any atom is -0.443 e. The number of hydrogen-bond donors (Lipinski definition) is 0. The van der Waals surface area contributed by atoms with Gasteiger partial charge in [0.15, 0.2) is 23.2 Å². The van der Waals surface area contributed by atoms with Crippen LogP contribution in [0.1, 0.15) is 67.5 Å². The highest BCUT2D eigenvalue weighted by molar-refractivity contribution is 6.29. The smallest absolute Gasteiger partial charge is 0.425 e. The number of halogens is 2. The number of amides is 2. The summed E-state index contributed by atoms with van der Waals surface area (Å²) in [4.78, 5) is 39.1. The lowest BCUT2D eigenvalue weighted by molar-refractivity contribution is -0.0172. The van der Waals surface area contributed by atoms with Crippen LogP contribution in [0.25, 0.3) is 11.2 Å². The van der Waals surface area contributed by atoms with Gasteiger partial charge in [0.25, 0.3) is 0 Å². The predicted molar refractivity (Wildman–Crippen MR) is 119 cm³/mol. The van der Waals surface area contributed by atoms with Crippen LogP contribution in [-0.4, -0.2) is 55.2 Å². The minimum absolute atomic E-state index is 0.0341. The van der Waals surface area contributed by atoms with Crippen molar-refractivity contribution >= 4 is 40.8 Å². The molecule has 0 bridgehead atoms. The second-order valence-electron chi connectivity index (χ2n) is 9.74. The highest BCUT2D eigenvalue weighted by Crippen LogP contribution is 2.36. The zero-order valence-electron chi connectivity index (χ0n) is 19.8. The molecule has 3 heterocycles. The summed E-state index contributed by atoms with van der Waals surface area (Å²) >= 11 is 6.14. The molecule has 33 heavy (non-hydrogen) atoms. The lowest BCUT2D eigenvalue weighted by Crippen LogP contribution is -2.44. The van der Waals surface area contributed by atoms with Crippen molar-refractivity contribution in [2.24, 2.45) is 0 Å². The van der Waals surface area contributed by atoms with Crippen molar-refractivity contribution in [3.8, 4) is 0 Å². The van der Waals surface area contributed by atoms with E-state index >= 15 is 0 Å². The van der Waals surface area contributed by atoms with E-state index in [2.05, 4.69) is 15.0 Å². The van der Waals surface area contributed by atoms with Gasteiger partial charge in [-0.05, 0) is 59.6 Å². The molecule has 0 spiro atoms. The average Bonchev–Trinajstić information content (AvgIpc) is 3.21. The Bertz CT molecular complexity index is 1020. The number of carbonyl (C=O) groups is 2. The van der Waals surface area contributed by atoms with Crippen LogP contribution in [-0.2, 0) is 14.2 Å². The highest BCUT2D eigenvalue weighted by atomic mass is 35.5. The number of rotatable bonds is 3. The first-order valence-electron chi connectivity index (χ1n) is 10.7. The molecule has 3 rings (SSSR count). The molecule has 1 aliphatic rings. The Morgan fingerprint density at radius 2 is 1.76 bits per heavy atom. The van der Waals surface area contributed by atoms with Gasteiger partial charge in [-0.2, -0.15) is 14.9 Å². The van der Waals surface area contributed by atoms with Crippen molar-refractivity contribution in [1.82, 2.24) is 19.5 Å². The van der Waals surface area contributed by atoms with E-state index in [1.165, 1.54) is 10.9 Å². The molecule has 1 saturated heterocycles. The highest BCUT2D eigenvalue weighted by Gasteiger charge is 2.39. The quantitative estimate of drug-likeness (QED) is 0.546. The first kappa shape index (κ1) is 25.1. The molecule has 12 heteroatoms. The number of fused-ring (bicyclic) bond motifs is 1. The third-order valence-electron chi connectivity index (χ3n) is 4.60. The van der Waals surface area contributed by atoms with Crippen LogP contribution < -0.4 is 4.90 Å². The van der Waals surface area contributed by atoms with E-state index in [1.54, 1.807) is 41.5 Å². The van der Waals surface area contributed by atoms with Gasteiger partial charge >= 0.3 is 12.2 Å². The predicted octanol–water partition coefficient (Wildman–Crippen LogP) is 5.19. The maximum Gasteiger partial charge on any atom is 0.425 e. The van der Waals surface area contributed by atoms with Crippen LogP contribution in [0.4, 0.5) is 19.8 Å². The number of hydrogen-bond acceptors (Lipinski definition) is 8. The fraction of sp³-hybridized carbons (Fsp3) is 0.667. The van der Waals surface area contributed by atoms with Gasteiger partial charge in [-0.25, -0.2) is 19.0 Å². The van der Waals surface area contributed by atoms with E-state index in [0.717, 1.165) is 0 Å². The number of anilines is 1. The Labute approximate surface area is 196 Å². The maximum atomic E-state index is 14.7. The molecule has 2 aromatic heterocycles. The van der Waals surface area contributed by atoms with E-state index in [4.69, 9.17) is 25.8 Å². The molecule has 182 valence electrons. The largest absolute Gasteiger partial charge is 0.443 e. The molecule has 0 radical (unpaired) electrons. The van der Waals surface area contributed by atoms with E-state index in [1.807, 2.05) is 6.92 Å². The Balaban J connectivity index is 2.12. The third-order valence-corrected chi connectivity index (χ3v) is 4.77. The second kappa shape index (κ2) is 9.02. The number of alkyl halides is 1. The van der Waals surface area contributed by atoms with Gasteiger partial charge in [0, 0.05) is 6.42 Å². The van der Waals surface area contributed by atoms with Crippen molar-refractivity contribution < 1.29 is 28.2 Å². The topological polar surface area (TPSA) is 109 Å². The zero-order chi connectivity index (χ0) is 24.7.